The molecular formula is C22H14B2O2S. The number of aliphatic hydroxyl groups excluding tert-OH is 1. The van der Waals surface area contributed by atoms with Gasteiger partial charge in [0, 0.05) is 20.9 Å². The molecule has 1 N–H and O–H groups in total. The molecule has 0 saturated heterocycles. The van der Waals surface area contributed by atoms with Crippen molar-refractivity contribution >= 4 is 50.5 Å². The van der Waals surface area contributed by atoms with E-state index in [0.717, 1.165) is 43.8 Å². The maximum Gasteiger partial charge on any atom is 0.150 e. The van der Waals surface area contributed by atoms with Gasteiger partial charge in [-0.1, -0.05) is 60.2 Å². The molecule has 4 radical (unpaired) electrons. The lowest BCUT2D eigenvalue weighted by molar-refractivity contribution is 0.112. The van der Waals surface area contributed by atoms with Crippen molar-refractivity contribution in [2.24, 2.45) is 0 Å². The average molecular weight is 364 g/mol. The zero-order chi connectivity index (χ0) is 19.1. The lowest BCUT2D eigenvalue weighted by Crippen LogP contribution is -2.11. The molecule has 5 heteroatoms. The van der Waals surface area contributed by atoms with Gasteiger partial charge >= 0.3 is 0 Å². The molecule has 1 aliphatic heterocycles. The minimum atomic E-state index is -0.0392. The van der Waals surface area contributed by atoms with Crippen LogP contribution in [0.4, 0.5) is 0 Å². The lowest BCUT2D eigenvalue weighted by atomic mass is 9.80. The van der Waals surface area contributed by atoms with E-state index in [2.05, 4.69) is 12.7 Å². The van der Waals surface area contributed by atoms with Crippen LogP contribution in [0.5, 0.6) is 0 Å². The number of hydrogen-bond donors (Lipinski definition) is 1. The molecule has 0 spiro atoms. The number of benzene rings is 2. The second-order valence-corrected chi connectivity index (χ2v) is 7.59. The van der Waals surface area contributed by atoms with Gasteiger partial charge in [0.05, 0.1) is 0 Å². The summed E-state index contributed by atoms with van der Waals surface area (Å²) in [6, 6.07) is 10.9. The number of carbonyl (C=O) groups is 1. The summed E-state index contributed by atoms with van der Waals surface area (Å²) < 4.78 is 0. The van der Waals surface area contributed by atoms with Gasteiger partial charge < -0.3 is 5.11 Å². The van der Waals surface area contributed by atoms with Gasteiger partial charge in [-0.15, -0.1) is 5.47 Å². The molecule has 2 nitrogen and oxygen atoms in total. The molecule has 2 aromatic rings. The standard InChI is InChI=1S/C22H14B2O2S/c1-12(26)16-5-3-14(23)9-17(16)22-18-8-13(11-25)2-6-20(18)27-21-7-4-15(24)10-19(21)22/h2-3,5-11,26H,1,4H2. The molecule has 0 fully saturated rings. The highest BCUT2D eigenvalue weighted by atomic mass is 32.2. The SMILES string of the molecule is [B]C1=CC2=C(c3cc([B])ccc3C(=C)O)c3cc(C=O)ccc3SC2=CC1. The van der Waals surface area contributed by atoms with Gasteiger partial charge in [0.1, 0.15) is 27.7 Å². The van der Waals surface area contributed by atoms with Crippen LogP contribution in [0.15, 0.2) is 76.0 Å². The van der Waals surface area contributed by atoms with Gasteiger partial charge in [-0.05, 0) is 40.8 Å². The van der Waals surface area contributed by atoms with Crippen LogP contribution in [0.2, 0.25) is 0 Å². The number of aliphatic hydroxyl groups is 1. The van der Waals surface area contributed by atoms with Gasteiger partial charge in [0.2, 0.25) is 0 Å². The summed E-state index contributed by atoms with van der Waals surface area (Å²) in [7, 11) is 12.2. The first-order valence-electron chi connectivity index (χ1n) is 8.44. The third-order valence-corrected chi connectivity index (χ3v) is 5.82. The van der Waals surface area contributed by atoms with Crippen LogP contribution >= 0.6 is 11.8 Å². The Morgan fingerprint density at radius 3 is 2.70 bits per heavy atom. The topological polar surface area (TPSA) is 37.3 Å². The summed E-state index contributed by atoms with van der Waals surface area (Å²) in [5, 5.41) is 10.1. The summed E-state index contributed by atoms with van der Waals surface area (Å²) in [4.78, 5) is 13.5. The Bertz CT molecular complexity index is 1090. The van der Waals surface area contributed by atoms with Crippen molar-refractivity contribution in [3.8, 4) is 0 Å². The Kier molecular flexibility index (Phi) is 4.48. The van der Waals surface area contributed by atoms with Gasteiger partial charge in [0.15, 0.2) is 0 Å². The Hall–Kier alpha value is -2.65. The number of carbonyl (C=O) groups excluding carboxylic acids is 1. The molecule has 1 aliphatic carbocycles. The van der Waals surface area contributed by atoms with E-state index in [1.807, 2.05) is 24.3 Å². The van der Waals surface area contributed by atoms with Crippen molar-refractivity contribution in [1.29, 1.82) is 0 Å². The number of fused-ring (bicyclic) bond motifs is 2. The van der Waals surface area contributed by atoms with Gasteiger partial charge in [-0.2, -0.15) is 0 Å². The van der Waals surface area contributed by atoms with Crippen LogP contribution < -0.4 is 5.46 Å². The normalized spacial score (nSPS) is 15.4. The monoisotopic (exact) mass is 364 g/mol. The predicted molar refractivity (Wildman–Crippen MR) is 114 cm³/mol. The first kappa shape index (κ1) is 17.7. The van der Waals surface area contributed by atoms with E-state index in [4.69, 9.17) is 15.7 Å². The molecule has 1 heterocycles. The largest absolute Gasteiger partial charge is 0.508 e. The first-order chi connectivity index (χ1) is 13.0. The predicted octanol–water partition coefficient (Wildman–Crippen LogP) is 4.07. The molecule has 126 valence electrons. The lowest BCUT2D eigenvalue weighted by Gasteiger charge is -2.28. The average Bonchev–Trinajstić information content (AvgIpc) is 2.65. The summed E-state index contributed by atoms with van der Waals surface area (Å²) in [5.74, 6) is -0.0392. The number of hydrogen-bond acceptors (Lipinski definition) is 3. The van der Waals surface area contributed by atoms with E-state index in [1.54, 1.807) is 30.0 Å². The summed E-state index contributed by atoms with van der Waals surface area (Å²) in [6.45, 7) is 3.70. The molecule has 0 aromatic heterocycles. The highest BCUT2D eigenvalue weighted by Gasteiger charge is 2.27. The number of allylic oxidation sites excluding steroid dienone is 4. The fourth-order valence-electron chi connectivity index (χ4n) is 3.41. The summed E-state index contributed by atoms with van der Waals surface area (Å²) in [6.07, 6.45) is 5.58. The summed E-state index contributed by atoms with van der Waals surface area (Å²) in [5.41, 5.74) is 6.04. The number of aldehydes is 1. The molecule has 27 heavy (non-hydrogen) atoms. The molecule has 0 bridgehead atoms. The molecule has 2 aromatic carbocycles. The van der Waals surface area contributed by atoms with E-state index in [1.165, 1.54) is 0 Å². The molecule has 4 rings (SSSR count). The van der Waals surface area contributed by atoms with Crippen molar-refractivity contribution in [3.05, 3.63) is 93.3 Å². The van der Waals surface area contributed by atoms with Crippen molar-refractivity contribution in [1.82, 2.24) is 0 Å². The smallest absolute Gasteiger partial charge is 0.150 e. The van der Waals surface area contributed by atoms with Crippen molar-refractivity contribution < 1.29 is 9.90 Å². The summed E-state index contributed by atoms with van der Waals surface area (Å²) >= 11 is 1.65. The molecule has 2 aliphatic rings. The fraction of sp³-hybridized carbons (Fsp3) is 0.0455. The van der Waals surface area contributed by atoms with E-state index in [-0.39, 0.29) is 5.76 Å². The third kappa shape index (κ3) is 3.13. The minimum Gasteiger partial charge on any atom is -0.508 e. The Balaban J connectivity index is 2.11. The molecule has 0 atom stereocenters. The van der Waals surface area contributed by atoms with Gasteiger partial charge in [-0.3, -0.25) is 4.79 Å². The van der Waals surface area contributed by atoms with E-state index >= 15 is 0 Å². The third-order valence-electron chi connectivity index (χ3n) is 4.64. The van der Waals surface area contributed by atoms with Crippen LogP contribution in [0, 0.1) is 0 Å². The van der Waals surface area contributed by atoms with Crippen LogP contribution in [0.1, 0.15) is 33.5 Å². The Labute approximate surface area is 165 Å². The van der Waals surface area contributed by atoms with Crippen molar-refractivity contribution in [3.63, 3.8) is 0 Å². The fourth-order valence-corrected chi connectivity index (χ4v) is 4.49. The van der Waals surface area contributed by atoms with E-state index in [9.17, 15) is 9.90 Å². The zero-order valence-corrected chi connectivity index (χ0v) is 15.3. The van der Waals surface area contributed by atoms with E-state index in [0.29, 0.717) is 23.0 Å². The quantitative estimate of drug-likeness (QED) is 0.507. The van der Waals surface area contributed by atoms with Crippen LogP contribution in [-0.4, -0.2) is 27.1 Å². The minimum absolute atomic E-state index is 0.0392. The zero-order valence-electron chi connectivity index (χ0n) is 14.5. The Morgan fingerprint density at radius 1 is 1.15 bits per heavy atom. The van der Waals surface area contributed by atoms with Gasteiger partial charge in [-0.25, -0.2) is 0 Å². The second-order valence-electron chi connectivity index (χ2n) is 6.51. The molecule has 0 saturated carbocycles. The number of rotatable bonds is 3. The highest BCUT2D eigenvalue weighted by Crippen LogP contribution is 2.49. The van der Waals surface area contributed by atoms with Crippen molar-refractivity contribution in [2.75, 3.05) is 0 Å². The molecular weight excluding hydrogens is 350 g/mol. The van der Waals surface area contributed by atoms with Gasteiger partial charge in [0.25, 0.3) is 0 Å². The second kappa shape index (κ2) is 6.82. The number of thioether (sulfide) groups is 1. The maximum absolute atomic E-state index is 11.4. The molecule has 0 amide bonds. The van der Waals surface area contributed by atoms with Crippen LogP contribution in [-0.2, 0) is 0 Å². The Morgan fingerprint density at radius 2 is 1.96 bits per heavy atom. The first-order valence-corrected chi connectivity index (χ1v) is 9.26. The molecule has 0 unspecified atom stereocenters. The highest BCUT2D eigenvalue weighted by molar-refractivity contribution is 8.03. The van der Waals surface area contributed by atoms with E-state index < -0.39 is 0 Å². The van der Waals surface area contributed by atoms with Crippen molar-refractivity contribution in [2.45, 2.75) is 11.3 Å². The maximum atomic E-state index is 11.4. The van der Waals surface area contributed by atoms with Crippen LogP contribution in [0.3, 0.4) is 0 Å². The van der Waals surface area contributed by atoms with Crippen LogP contribution in [0.25, 0.3) is 11.3 Å².